The van der Waals surface area contributed by atoms with Crippen LogP contribution in [0.3, 0.4) is 0 Å². The molecular formula is C14H17N3O. The lowest BCUT2D eigenvalue weighted by Gasteiger charge is -2.18. The van der Waals surface area contributed by atoms with Gasteiger partial charge in [0.25, 0.3) is 0 Å². The van der Waals surface area contributed by atoms with E-state index in [0.717, 1.165) is 29.8 Å². The molecule has 1 amide bonds. The molecule has 1 aromatic rings. The fraction of sp³-hybridized carbons (Fsp3) is 0.429. The third-order valence-corrected chi connectivity index (χ3v) is 3.23. The molecule has 0 spiro atoms. The van der Waals surface area contributed by atoms with Gasteiger partial charge in [-0.05, 0) is 36.6 Å². The van der Waals surface area contributed by atoms with E-state index in [9.17, 15) is 4.79 Å². The molecule has 0 aliphatic carbocycles. The van der Waals surface area contributed by atoms with Crippen molar-refractivity contribution in [2.75, 3.05) is 17.2 Å². The highest BCUT2D eigenvalue weighted by atomic mass is 16.1. The number of amides is 1. The number of hydrogen-bond donors (Lipinski definition) is 2. The number of anilines is 2. The summed E-state index contributed by atoms with van der Waals surface area (Å²) in [5.74, 6) is 0.125. The molecule has 1 atom stereocenters. The van der Waals surface area contributed by atoms with Crippen LogP contribution >= 0.6 is 0 Å². The van der Waals surface area contributed by atoms with Crippen LogP contribution in [0.15, 0.2) is 18.2 Å². The van der Waals surface area contributed by atoms with Crippen LogP contribution in [-0.2, 0) is 11.2 Å². The zero-order valence-corrected chi connectivity index (χ0v) is 10.5. The normalized spacial score (nSPS) is 15.2. The molecule has 94 valence electrons. The molecule has 0 bridgehead atoms. The maximum absolute atomic E-state index is 11.2. The van der Waals surface area contributed by atoms with Crippen LogP contribution < -0.4 is 10.6 Å². The minimum Gasteiger partial charge on any atom is -0.384 e. The molecule has 2 rings (SSSR count). The number of carbonyl (C=O) groups excluding carboxylic acids is 1. The van der Waals surface area contributed by atoms with Crippen LogP contribution in [0.1, 0.15) is 25.3 Å². The molecule has 0 saturated heterocycles. The highest BCUT2D eigenvalue weighted by Crippen LogP contribution is 2.25. The van der Waals surface area contributed by atoms with Crippen molar-refractivity contribution in [2.45, 2.75) is 26.2 Å². The summed E-state index contributed by atoms with van der Waals surface area (Å²) in [5, 5.41) is 15.0. The van der Waals surface area contributed by atoms with Crippen molar-refractivity contribution >= 4 is 17.3 Å². The van der Waals surface area contributed by atoms with Gasteiger partial charge in [-0.15, -0.1) is 0 Å². The third kappa shape index (κ3) is 2.80. The van der Waals surface area contributed by atoms with Gasteiger partial charge in [0.1, 0.15) is 0 Å². The number of carbonyl (C=O) groups is 1. The topological polar surface area (TPSA) is 64.9 Å². The van der Waals surface area contributed by atoms with Gasteiger partial charge in [0.2, 0.25) is 5.91 Å². The Morgan fingerprint density at radius 2 is 2.33 bits per heavy atom. The summed E-state index contributed by atoms with van der Waals surface area (Å²) >= 11 is 0. The lowest BCUT2D eigenvalue weighted by molar-refractivity contribution is -0.116. The second-order valence-corrected chi connectivity index (χ2v) is 4.54. The van der Waals surface area contributed by atoms with Crippen LogP contribution in [0.5, 0.6) is 0 Å². The minimum absolute atomic E-state index is 0.0423. The molecule has 4 heteroatoms. The van der Waals surface area contributed by atoms with Crippen molar-refractivity contribution in [3.63, 3.8) is 0 Å². The Morgan fingerprint density at radius 3 is 3.06 bits per heavy atom. The standard InChI is InChI=1S/C14H17N3O/c1-2-10(8-15)9-16-12-4-5-13-11(7-12)3-6-14(18)17-13/h4-5,7,10,16H,2-3,6,9H2,1H3,(H,17,18). The number of aryl methyl sites for hydroxylation is 1. The Morgan fingerprint density at radius 1 is 1.50 bits per heavy atom. The minimum atomic E-state index is 0.0423. The van der Waals surface area contributed by atoms with Gasteiger partial charge in [0.15, 0.2) is 0 Å². The van der Waals surface area contributed by atoms with Crippen LogP contribution in [-0.4, -0.2) is 12.5 Å². The molecule has 4 nitrogen and oxygen atoms in total. The highest BCUT2D eigenvalue weighted by molar-refractivity contribution is 5.94. The average Bonchev–Trinajstić information content (AvgIpc) is 2.40. The number of hydrogen-bond acceptors (Lipinski definition) is 3. The first-order chi connectivity index (χ1) is 8.72. The SMILES string of the molecule is CCC(C#N)CNc1ccc2c(c1)CCC(=O)N2. The highest BCUT2D eigenvalue weighted by Gasteiger charge is 2.14. The Bertz CT molecular complexity index is 490. The maximum Gasteiger partial charge on any atom is 0.224 e. The van der Waals surface area contributed by atoms with Gasteiger partial charge >= 0.3 is 0 Å². The lowest BCUT2D eigenvalue weighted by atomic mass is 10.0. The Labute approximate surface area is 107 Å². The average molecular weight is 243 g/mol. The summed E-state index contributed by atoms with van der Waals surface area (Å²) in [5.41, 5.74) is 3.08. The molecule has 2 N–H and O–H groups in total. The fourth-order valence-electron chi connectivity index (χ4n) is 2.02. The molecule has 18 heavy (non-hydrogen) atoms. The van der Waals surface area contributed by atoms with E-state index in [1.165, 1.54) is 0 Å². The van der Waals surface area contributed by atoms with E-state index in [1.807, 2.05) is 19.1 Å². The molecule has 1 unspecified atom stereocenters. The largest absolute Gasteiger partial charge is 0.384 e. The smallest absolute Gasteiger partial charge is 0.224 e. The molecule has 0 radical (unpaired) electrons. The predicted molar refractivity (Wildman–Crippen MR) is 71.3 cm³/mol. The van der Waals surface area contributed by atoms with Gasteiger partial charge in [-0.1, -0.05) is 6.92 Å². The van der Waals surface area contributed by atoms with Crippen molar-refractivity contribution in [1.29, 1.82) is 5.26 Å². The van der Waals surface area contributed by atoms with Gasteiger partial charge in [-0.3, -0.25) is 4.79 Å². The second kappa shape index (κ2) is 5.54. The quantitative estimate of drug-likeness (QED) is 0.854. The molecule has 0 saturated carbocycles. The summed E-state index contributed by atoms with van der Waals surface area (Å²) < 4.78 is 0. The van der Waals surface area contributed by atoms with E-state index in [-0.39, 0.29) is 11.8 Å². The number of nitriles is 1. The van der Waals surface area contributed by atoms with Gasteiger partial charge in [0.05, 0.1) is 12.0 Å². The maximum atomic E-state index is 11.2. The third-order valence-electron chi connectivity index (χ3n) is 3.23. The lowest BCUT2D eigenvalue weighted by Crippen LogP contribution is -2.19. The van der Waals surface area contributed by atoms with E-state index in [4.69, 9.17) is 5.26 Å². The van der Waals surface area contributed by atoms with E-state index in [0.29, 0.717) is 13.0 Å². The summed E-state index contributed by atoms with van der Waals surface area (Å²) in [6.45, 7) is 2.68. The van der Waals surface area contributed by atoms with Crippen LogP contribution in [0.25, 0.3) is 0 Å². The molecule has 1 heterocycles. The first kappa shape index (κ1) is 12.4. The second-order valence-electron chi connectivity index (χ2n) is 4.54. The van der Waals surface area contributed by atoms with E-state index < -0.39 is 0 Å². The number of fused-ring (bicyclic) bond motifs is 1. The van der Waals surface area contributed by atoms with E-state index in [2.05, 4.69) is 22.8 Å². The van der Waals surface area contributed by atoms with Crippen LogP contribution in [0, 0.1) is 17.2 Å². The molecule has 0 aromatic heterocycles. The van der Waals surface area contributed by atoms with Crippen molar-refractivity contribution in [3.05, 3.63) is 23.8 Å². The first-order valence-corrected chi connectivity index (χ1v) is 6.29. The van der Waals surface area contributed by atoms with Gasteiger partial charge < -0.3 is 10.6 Å². The van der Waals surface area contributed by atoms with Gasteiger partial charge in [-0.2, -0.15) is 5.26 Å². The number of benzene rings is 1. The molecular weight excluding hydrogens is 226 g/mol. The van der Waals surface area contributed by atoms with E-state index in [1.54, 1.807) is 0 Å². The molecule has 0 fully saturated rings. The number of nitrogens with one attached hydrogen (secondary N) is 2. The Kier molecular flexibility index (Phi) is 3.83. The van der Waals surface area contributed by atoms with Crippen molar-refractivity contribution < 1.29 is 4.79 Å². The van der Waals surface area contributed by atoms with Crippen LogP contribution in [0.2, 0.25) is 0 Å². The van der Waals surface area contributed by atoms with Crippen molar-refractivity contribution in [2.24, 2.45) is 5.92 Å². The van der Waals surface area contributed by atoms with E-state index >= 15 is 0 Å². The molecule has 1 aliphatic heterocycles. The Hall–Kier alpha value is -2.02. The Balaban J connectivity index is 2.03. The zero-order chi connectivity index (χ0) is 13.0. The van der Waals surface area contributed by atoms with Crippen molar-refractivity contribution in [3.8, 4) is 6.07 Å². The van der Waals surface area contributed by atoms with Crippen molar-refractivity contribution in [1.82, 2.24) is 0 Å². The monoisotopic (exact) mass is 243 g/mol. The number of nitrogens with zero attached hydrogens (tertiary/aromatic N) is 1. The molecule has 1 aromatic carbocycles. The zero-order valence-electron chi connectivity index (χ0n) is 10.5. The predicted octanol–water partition coefficient (Wildman–Crippen LogP) is 2.53. The van der Waals surface area contributed by atoms with Crippen LogP contribution in [0.4, 0.5) is 11.4 Å². The molecule has 1 aliphatic rings. The summed E-state index contributed by atoms with van der Waals surface area (Å²) in [6.07, 6.45) is 2.18. The van der Waals surface area contributed by atoms with Gasteiger partial charge in [0, 0.05) is 24.3 Å². The van der Waals surface area contributed by atoms with Gasteiger partial charge in [-0.25, -0.2) is 0 Å². The first-order valence-electron chi connectivity index (χ1n) is 6.29. The number of rotatable bonds is 4. The summed E-state index contributed by atoms with van der Waals surface area (Å²) in [6, 6.07) is 8.18. The fourth-order valence-corrected chi connectivity index (χ4v) is 2.02. The summed E-state index contributed by atoms with van der Waals surface area (Å²) in [4.78, 5) is 11.2. The summed E-state index contributed by atoms with van der Waals surface area (Å²) in [7, 11) is 0.